The molecule has 0 unspecified atom stereocenters. The number of hydrogen-bond acceptors (Lipinski definition) is 3. The molecular weight excluding hydrogens is 354 g/mol. The Balaban J connectivity index is 1.86. The van der Waals surface area contributed by atoms with Crippen LogP contribution in [0.5, 0.6) is 0 Å². The number of para-hydroxylation sites is 1. The maximum Gasteiger partial charge on any atom is 0.232 e. The molecule has 0 N–H and O–H groups in total. The van der Waals surface area contributed by atoms with Crippen LogP contribution in [0.25, 0.3) is 16.9 Å². The SMILES string of the molecule is CCCSCC(=O)N(C)Cc1cn(-c2ccccc2)nc1-c1ccccc1. The van der Waals surface area contributed by atoms with Gasteiger partial charge in [-0.2, -0.15) is 16.9 Å². The molecule has 0 fully saturated rings. The van der Waals surface area contributed by atoms with E-state index in [9.17, 15) is 4.79 Å². The van der Waals surface area contributed by atoms with E-state index in [1.165, 1.54) is 0 Å². The smallest absolute Gasteiger partial charge is 0.232 e. The van der Waals surface area contributed by atoms with Crippen LogP contribution in [0.4, 0.5) is 0 Å². The molecule has 3 aromatic rings. The fourth-order valence-electron chi connectivity index (χ4n) is 2.84. The Morgan fingerprint density at radius 3 is 2.41 bits per heavy atom. The number of nitrogens with zero attached hydrogens (tertiary/aromatic N) is 3. The summed E-state index contributed by atoms with van der Waals surface area (Å²) in [6, 6.07) is 20.2. The van der Waals surface area contributed by atoms with Crippen LogP contribution in [0.2, 0.25) is 0 Å². The molecule has 0 aliphatic carbocycles. The Labute approximate surface area is 165 Å². The molecule has 3 rings (SSSR count). The summed E-state index contributed by atoms with van der Waals surface area (Å²) >= 11 is 1.69. The molecule has 0 spiro atoms. The second-order valence-corrected chi connectivity index (χ2v) is 7.56. The van der Waals surface area contributed by atoms with Gasteiger partial charge in [0.2, 0.25) is 5.91 Å². The van der Waals surface area contributed by atoms with E-state index in [-0.39, 0.29) is 5.91 Å². The van der Waals surface area contributed by atoms with Gasteiger partial charge >= 0.3 is 0 Å². The second-order valence-electron chi connectivity index (χ2n) is 6.45. The van der Waals surface area contributed by atoms with Crippen LogP contribution in [0, 0.1) is 0 Å². The Hall–Kier alpha value is -2.53. The lowest BCUT2D eigenvalue weighted by Gasteiger charge is -2.17. The number of carbonyl (C=O) groups excluding carboxylic acids is 1. The van der Waals surface area contributed by atoms with Crippen molar-refractivity contribution < 1.29 is 4.79 Å². The van der Waals surface area contributed by atoms with E-state index in [1.54, 1.807) is 16.7 Å². The van der Waals surface area contributed by atoms with Crippen molar-refractivity contribution in [3.05, 3.63) is 72.4 Å². The molecule has 0 aliphatic rings. The second kappa shape index (κ2) is 9.42. The average molecular weight is 380 g/mol. The van der Waals surface area contributed by atoms with Crippen molar-refractivity contribution in [1.82, 2.24) is 14.7 Å². The number of thioether (sulfide) groups is 1. The zero-order valence-electron chi connectivity index (χ0n) is 15.8. The molecule has 0 bridgehead atoms. The van der Waals surface area contributed by atoms with Crippen LogP contribution >= 0.6 is 11.8 Å². The first-order valence-electron chi connectivity index (χ1n) is 9.20. The summed E-state index contributed by atoms with van der Waals surface area (Å²) in [5.41, 5.74) is 4.03. The van der Waals surface area contributed by atoms with Gasteiger partial charge in [-0.3, -0.25) is 4.79 Å². The van der Waals surface area contributed by atoms with Crippen LogP contribution in [-0.4, -0.2) is 39.1 Å². The minimum Gasteiger partial charge on any atom is -0.341 e. The summed E-state index contributed by atoms with van der Waals surface area (Å²) in [6.45, 7) is 2.67. The predicted octanol–water partition coefficient (Wildman–Crippen LogP) is 4.64. The van der Waals surface area contributed by atoms with Crippen molar-refractivity contribution >= 4 is 17.7 Å². The topological polar surface area (TPSA) is 38.1 Å². The number of hydrogen-bond donors (Lipinski definition) is 0. The largest absolute Gasteiger partial charge is 0.341 e. The monoisotopic (exact) mass is 379 g/mol. The van der Waals surface area contributed by atoms with Crippen molar-refractivity contribution in [2.45, 2.75) is 19.9 Å². The number of rotatable bonds is 8. The molecule has 2 aromatic carbocycles. The molecule has 1 amide bonds. The summed E-state index contributed by atoms with van der Waals surface area (Å²) in [5, 5.41) is 4.81. The first-order chi connectivity index (χ1) is 13.2. The van der Waals surface area contributed by atoms with E-state index >= 15 is 0 Å². The molecular formula is C22H25N3OS. The first kappa shape index (κ1) is 19.2. The quantitative estimate of drug-likeness (QED) is 0.535. The Kier molecular flexibility index (Phi) is 6.71. The minimum atomic E-state index is 0.153. The highest BCUT2D eigenvalue weighted by atomic mass is 32.2. The van der Waals surface area contributed by atoms with Gasteiger partial charge in [0.25, 0.3) is 0 Å². The van der Waals surface area contributed by atoms with Crippen molar-refractivity contribution in [3.63, 3.8) is 0 Å². The van der Waals surface area contributed by atoms with Gasteiger partial charge in [0.1, 0.15) is 0 Å². The number of amides is 1. The van der Waals surface area contributed by atoms with Gasteiger partial charge < -0.3 is 4.90 Å². The third-order valence-electron chi connectivity index (χ3n) is 4.27. The molecule has 0 aliphatic heterocycles. The lowest BCUT2D eigenvalue weighted by atomic mass is 10.1. The van der Waals surface area contributed by atoms with E-state index in [0.717, 1.165) is 34.7 Å². The van der Waals surface area contributed by atoms with Crippen molar-refractivity contribution in [3.8, 4) is 16.9 Å². The molecule has 5 heteroatoms. The molecule has 27 heavy (non-hydrogen) atoms. The number of benzene rings is 2. The summed E-state index contributed by atoms with van der Waals surface area (Å²) < 4.78 is 1.89. The summed E-state index contributed by atoms with van der Waals surface area (Å²) in [4.78, 5) is 14.2. The highest BCUT2D eigenvalue weighted by molar-refractivity contribution is 7.99. The average Bonchev–Trinajstić information content (AvgIpc) is 3.13. The Morgan fingerprint density at radius 1 is 1.07 bits per heavy atom. The Morgan fingerprint density at radius 2 is 1.74 bits per heavy atom. The fourth-order valence-corrected chi connectivity index (χ4v) is 3.66. The van der Waals surface area contributed by atoms with Gasteiger partial charge in [0.05, 0.1) is 17.1 Å². The summed E-state index contributed by atoms with van der Waals surface area (Å²) in [5.74, 6) is 1.69. The van der Waals surface area contributed by atoms with Crippen LogP contribution < -0.4 is 0 Å². The molecule has 0 saturated carbocycles. The molecule has 4 nitrogen and oxygen atoms in total. The molecule has 0 atom stereocenters. The highest BCUT2D eigenvalue weighted by Crippen LogP contribution is 2.24. The van der Waals surface area contributed by atoms with Gasteiger partial charge in [-0.1, -0.05) is 55.5 Å². The lowest BCUT2D eigenvalue weighted by Crippen LogP contribution is -2.28. The van der Waals surface area contributed by atoms with E-state index in [2.05, 4.69) is 19.1 Å². The zero-order chi connectivity index (χ0) is 19.1. The van der Waals surface area contributed by atoms with Crippen LogP contribution in [-0.2, 0) is 11.3 Å². The number of carbonyl (C=O) groups is 1. The molecule has 140 valence electrons. The van der Waals surface area contributed by atoms with E-state index in [1.807, 2.05) is 66.5 Å². The molecule has 0 saturated heterocycles. The standard InChI is InChI=1S/C22H25N3OS/c1-3-14-27-17-21(26)24(2)15-19-16-25(20-12-8-5-9-13-20)23-22(19)18-10-6-4-7-11-18/h4-13,16H,3,14-15,17H2,1-2H3. The van der Waals surface area contributed by atoms with E-state index < -0.39 is 0 Å². The van der Waals surface area contributed by atoms with Crippen LogP contribution in [0.15, 0.2) is 66.9 Å². The summed E-state index contributed by atoms with van der Waals surface area (Å²) in [7, 11) is 1.86. The lowest BCUT2D eigenvalue weighted by molar-refractivity contribution is -0.127. The third-order valence-corrected chi connectivity index (χ3v) is 5.41. The maximum atomic E-state index is 12.4. The van der Waals surface area contributed by atoms with Gasteiger partial charge in [-0.05, 0) is 24.3 Å². The molecule has 1 aromatic heterocycles. The van der Waals surface area contributed by atoms with Crippen LogP contribution in [0.3, 0.4) is 0 Å². The molecule has 1 heterocycles. The summed E-state index contributed by atoms with van der Waals surface area (Å²) in [6.07, 6.45) is 3.12. The van der Waals surface area contributed by atoms with Crippen molar-refractivity contribution in [2.75, 3.05) is 18.6 Å². The highest BCUT2D eigenvalue weighted by Gasteiger charge is 2.16. The van der Waals surface area contributed by atoms with Gasteiger partial charge in [-0.15, -0.1) is 0 Å². The van der Waals surface area contributed by atoms with Crippen molar-refractivity contribution in [2.24, 2.45) is 0 Å². The van der Waals surface area contributed by atoms with Gasteiger partial charge in [-0.25, -0.2) is 4.68 Å². The fraction of sp³-hybridized carbons (Fsp3) is 0.273. The zero-order valence-corrected chi connectivity index (χ0v) is 16.7. The minimum absolute atomic E-state index is 0.153. The van der Waals surface area contributed by atoms with E-state index in [4.69, 9.17) is 5.10 Å². The van der Waals surface area contributed by atoms with Gasteiger partial charge in [0.15, 0.2) is 0 Å². The van der Waals surface area contributed by atoms with Crippen LogP contribution in [0.1, 0.15) is 18.9 Å². The predicted molar refractivity (Wildman–Crippen MR) is 113 cm³/mol. The van der Waals surface area contributed by atoms with Crippen molar-refractivity contribution in [1.29, 1.82) is 0 Å². The third kappa shape index (κ3) is 5.01. The number of aromatic nitrogens is 2. The maximum absolute atomic E-state index is 12.4. The van der Waals surface area contributed by atoms with E-state index in [0.29, 0.717) is 12.3 Å². The Bertz CT molecular complexity index is 862. The first-order valence-corrected chi connectivity index (χ1v) is 10.4. The molecule has 0 radical (unpaired) electrons. The normalized spacial score (nSPS) is 10.7. The van der Waals surface area contributed by atoms with Gasteiger partial charge in [0, 0.05) is 30.9 Å².